The number of aromatic nitrogens is 1. The van der Waals surface area contributed by atoms with E-state index in [-0.39, 0.29) is 31.3 Å². The van der Waals surface area contributed by atoms with Crippen LogP contribution < -0.4 is 9.64 Å². The van der Waals surface area contributed by atoms with Crippen LogP contribution in [0.5, 0.6) is 5.75 Å². The van der Waals surface area contributed by atoms with Gasteiger partial charge in [0.05, 0.1) is 27.4 Å². The Morgan fingerprint density at radius 2 is 1.78 bits per heavy atom. The maximum atomic E-state index is 15.5. The highest BCUT2D eigenvalue weighted by Crippen LogP contribution is 2.68. The van der Waals surface area contributed by atoms with Crippen LogP contribution in [0, 0.1) is 17.3 Å². The van der Waals surface area contributed by atoms with Gasteiger partial charge in [-0.1, -0.05) is 25.1 Å². The molecule has 5 aliphatic heterocycles. The summed E-state index contributed by atoms with van der Waals surface area (Å²) < 4.78 is 55.0. The second kappa shape index (κ2) is 15.4. The fourth-order valence-electron chi connectivity index (χ4n) is 14.1. The number of carbonyl (C=O) groups is 3. The number of nitrogens with one attached hydrogen (secondary N) is 1. The molecule has 2 saturated heterocycles. The number of anilines is 1. The van der Waals surface area contributed by atoms with Crippen LogP contribution in [0.1, 0.15) is 68.8 Å². The minimum atomic E-state index is -2.95. The van der Waals surface area contributed by atoms with E-state index in [1.165, 1.54) is 21.1 Å². The molecule has 7 heterocycles. The molecule has 1 unspecified atom stereocenters. The van der Waals surface area contributed by atoms with Crippen LogP contribution >= 0.6 is 11.3 Å². The standard InChI is InChI=1S/C50H58F2N4O8S/c1-8-47-14-9-16-56-18-15-48(41(47)56)35-22-36(39(61-5)23-38(35)54(4)42(48)50(60,45(59)63-7)43(47)64-28(2)57)49(44(58)62-6)24-29-20-32(46(3,51)52)26-55(25-29)17-12-33-34-21-30(31-13-19-65-27-31)10-11-37(34)53-40(33)49/h9-11,13-14,19,21-23,27,29,32,41-43,53,60H,8,12,15-18,20,24-26H2,1-7H3/t29-,32-,41+,42-,43-,47-,48-,49+,50+/m1/s1. The maximum Gasteiger partial charge on any atom is 0.344 e. The number of carbonyl (C=O) groups excluding carboxylic acids is 3. The molecule has 10 rings (SSSR count). The predicted molar refractivity (Wildman–Crippen MR) is 243 cm³/mol. The largest absolute Gasteiger partial charge is 0.496 e. The van der Waals surface area contributed by atoms with Crippen LogP contribution in [0.4, 0.5) is 14.5 Å². The number of hydrogen-bond donors (Lipinski definition) is 2. The number of aliphatic hydroxyl groups is 1. The molecule has 346 valence electrons. The SMILES string of the molecule is CC[C@]12C=CCN3CC[C@@]4(c5cc([C@@]6(C(=O)OC)C[C@H]7C[C@@H](C(C)(F)F)CN(CCc8c6[nH]c6ccc(-c9ccsc9)cc86)C7)c(OC)cc5N(C)[C@H]4[C@@](O)(C(=O)OC)[C@@H]1OC(C)=O)[C@@H]32. The smallest absolute Gasteiger partial charge is 0.344 e. The van der Waals surface area contributed by atoms with E-state index >= 15 is 13.6 Å². The summed E-state index contributed by atoms with van der Waals surface area (Å²) in [6.45, 7) is 6.75. The van der Waals surface area contributed by atoms with Gasteiger partial charge < -0.3 is 38.8 Å². The number of nitrogens with zero attached hydrogens (tertiary/aromatic N) is 3. The first-order valence-corrected chi connectivity index (χ1v) is 23.7. The molecule has 2 N–H and O–H groups in total. The Labute approximate surface area is 381 Å². The lowest BCUT2D eigenvalue weighted by molar-refractivity contribution is -0.228. The van der Waals surface area contributed by atoms with Gasteiger partial charge in [0.25, 0.3) is 0 Å². The van der Waals surface area contributed by atoms with E-state index in [1.807, 2.05) is 54.6 Å². The van der Waals surface area contributed by atoms with E-state index in [4.69, 9.17) is 18.9 Å². The molecule has 15 heteroatoms. The Morgan fingerprint density at radius 1 is 1.00 bits per heavy atom. The van der Waals surface area contributed by atoms with Crippen LogP contribution in [0.2, 0.25) is 0 Å². The molecule has 0 radical (unpaired) electrons. The van der Waals surface area contributed by atoms with Crippen molar-refractivity contribution in [2.75, 3.05) is 66.0 Å². The van der Waals surface area contributed by atoms with Crippen LogP contribution in [0.15, 0.2) is 59.3 Å². The second-order valence-electron chi connectivity index (χ2n) is 19.6. The Hall–Kier alpha value is -4.83. The summed E-state index contributed by atoms with van der Waals surface area (Å²) in [6, 6.07) is 10.9. The molecule has 2 bridgehead atoms. The summed E-state index contributed by atoms with van der Waals surface area (Å²) in [5, 5.41) is 18.5. The van der Waals surface area contributed by atoms with Gasteiger partial charge in [0.2, 0.25) is 11.5 Å². The number of H-pyrrole nitrogens is 1. The third-order valence-corrected chi connectivity index (χ3v) is 17.2. The number of likely N-dealkylation sites (N-methyl/N-ethyl adjacent to an activating group) is 1. The molecule has 1 spiro atoms. The Bertz CT molecular complexity index is 2610. The summed E-state index contributed by atoms with van der Waals surface area (Å²) >= 11 is 1.61. The van der Waals surface area contributed by atoms with Gasteiger partial charge in [-0.2, -0.15) is 11.3 Å². The number of piperidine rings is 1. The molecule has 65 heavy (non-hydrogen) atoms. The van der Waals surface area contributed by atoms with Crippen molar-refractivity contribution in [3.63, 3.8) is 0 Å². The number of alkyl halides is 2. The first-order valence-electron chi connectivity index (χ1n) is 22.7. The number of methoxy groups -OCH3 is 3. The number of rotatable bonds is 8. The second-order valence-corrected chi connectivity index (χ2v) is 20.3. The van der Waals surface area contributed by atoms with Crippen molar-refractivity contribution in [1.82, 2.24) is 14.8 Å². The molecule has 1 aliphatic carbocycles. The molecule has 1 saturated carbocycles. The van der Waals surface area contributed by atoms with Gasteiger partial charge in [-0.05, 0) is 109 Å². The highest BCUT2D eigenvalue weighted by Gasteiger charge is 2.80. The van der Waals surface area contributed by atoms with E-state index in [2.05, 4.69) is 38.4 Å². The van der Waals surface area contributed by atoms with E-state index in [1.54, 1.807) is 18.4 Å². The molecule has 3 fully saturated rings. The van der Waals surface area contributed by atoms with Crippen LogP contribution in [0.25, 0.3) is 22.0 Å². The number of aromatic amines is 1. The molecule has 2 aromatic carbocycles. The summed E-state index contributed by atoms with van der Waals surface area (Å²) in [5.41, 5.74) is 0.449. The number of esters is 3. The van der Waals surface area contributed by atoms with Crippen LogP contribution in [0.3, 0.4) is 0 Å². The molecule has 0 amide bonds. The summed E-state index contributed by atoms with van der Waals surface area (Å²) in [6.07, 6.45) is 4.47. The fraction of sp³-hybridized carbons (Fsp3) is 0.540. The Balaban J connectivity index is 1.28. The van der Waals surface area contributed by atoms with Crippen molar-refractivity contribution < 1.29 is 47.2 Å². The minimum Gasteiger partial charge on any atom is -0.496 e. The van der Waals surface area contributed by atoms with E-state index in [9.17, 15) is 14.7 Å². The van der Waals surface area contributed by atoms with Gasteiger partial charge in [-0.15, -0.1) is 0 Å². The molecular formula is C50H58F2N4O8S. The van der Waals surface area contributed by atoms with Gasteiger partial charge in [-0.25, -0.2) is 13.6 Å². The number of thiophene rings is 1. The molecule has 10 atom stereocenters. The van der Waals surface area contributed by atoms with Crippen molar-refractivity contribution in [1.29, 1.82) is 0 Å². The third kappa shape index (κ3) is 6.02. The van der Waals surface area contributed by atoms with Crippen molar-refractivity contribution in [2.45, 2.75) is 93.4 Å². The van der Waals surface area contributed by atoms with Gasteiger partial charge >= 0.3 is 17.9 Å². The van der Waals surface area contributed by atoms with Gasteiger partial charge in [-0.3, -0.25) is 14.5 Å². The molecular weight excluding hydrogens is 855 g/mol. The van der Waals surface area contributed by atoms with Crippen molar-refractivity contribution in [3.8, 4) is 16.9 Å². The first kappa shape index (κ1) is 44.0. The number of hydrogen-bond acceptors (Lipinski definition) is 12. The lowest BCUT2D eigenvalue weighted by Crippen LogP contribution is -2.81. The van der Waals surface area contributed by atoms with Crippen molar-refractivity contribution >= 4 is 45.8 Å². The summed E-state index contributed by atoms with van der Waals surface area (Å²) in [4.78, 5) is 53.2. The van der Waals surface area contributed by atoms with Crippen LogP contribution in [-0.4, -0.2) is 129 Å². The van der Waals surface area contributed by atoms with Gasteiger partial charge in [0.15, 0.2) is 6.10 Å². The zero-order valence-electron chi connectivity index (χ0n) is 38.0. The zero-order chi connectivity index (χ0) is 46.0. The lowest BCUT2D eigenvalue weighted by atomic mass is 9.47. The number of ether oxygens (including phenoxy) is 4. The Morgan fingerprint density at radius 3 is 2.46 bits per heavy atom. The van der Waals surface area contributed by atoms with Crippen LogP contribution in [-0.2, 0) is 45.8 Å². The molecule has 6 aliphatic rings. The van der Waals surface area contributed by atoms with Gasteiger partial charge in [0.1, 0.15) is 11.2 Å². The number of benzene rings is 2. The Kier molecular flexibility index (Phi) is 10.4. The third-order valence-electron chi connectivity index (χ3n) is 16.5. The number of halogens is 2. The monoisotopic (exact) mass is 912 g/mol. The normalized spacial score (nSPS) is 33.8. The first-order chi connectivity index (χ1) is 31.0. The summed E-state index contributed by atoms with van der Waals surface area (Å²) in [7, 11) is 5.98. The van der Waals surface area contributed by atoms with Crippen molar-refractivity contribution in [3.05, 3.63) is 81.7 Å². The summed E-state index contributed by atoms with van der Waals surface area (Å²) in [5.74, 6) is -5.98. The fourth-order valence-corrected chi connectivity index (χ4v) is 14.8. The highest BCUT2D eigenvalue weighted by molar-refractivity contribution is 7.08. The quantitative estimate of drug-likeness (QED) is 0.109. The average Bonchev–Trinajstić information content (AvgIpc) is 4.10. The minimum absolute atomic E-state index is 0.138. The van der Waals surface area contributed by atoms with E-state index < -0.39 is 63.7 Å². The topological polar surface area (TPSA) is 134 Å². The molecule has 12 nitrogen and oxygen atoms in total. The highest BCUT2D eigenvalue weighted by atomic mass is 32.1. The lowest BCUT2D eigenvalue weighted by Gasteiger charge is -2.63. The number of fused-ring (bicyclic) bond motifs is 6. The average molecular weight is 913 g/mol. The molecule has 2 aromatic heterocycles. The predicted octanol–water partition coefficient (Wildman–Crippen LogP) is 6.85. The van der Waals surface area contributed by atoms with E-state index in [0.717, 1.165) is 40.1 Å². The maximum absolute atomic E-state index is 15.5. The molecule has 4 aromatic rings. The zero-order valence-corrected chi connectivity index (χ0v) is 38.9. The van der Waals surface area contributed by atoms with E-state index in [0.29, 0.717) is 68.1 Å². The van der Waals surface area contributed by atoms with Gasteiger partial charge in [0, 0.05) is 96.9 Å². The van der Waals surface area contributed by atoms with Crippen molar-refractivity contribution in [2.24, 2.45) is 17.3 Å².